The molecule has 25 heavy (non-hydrogen) atoms. The van der Waals surface area contributed by atoms with Gasteiger partial charge in [0.1, 0.15) is 17.4 Å². The SMILES string of the molecule is C=CCc1cc2c(C(=O)NC)c(-c3ccc(F)cc3)oc2nc1NC. The van der Waals surface area contributed by atoms with E-state index < -0.39 is 0 Å². The number of carbonyl (C=O) groups excluding carboxylic acids is 1. The first-order chi connectivity index (χ1) is 12.1. The van der Waals surface area contributed by atoms with Gasteiger partial charge in [0.15, 0.2) is 0 Å². The maximum atomic E-state index is 13.2. The van der Waals surface area contributed by atoms with Gasteiger partial charge in [-0.1, -0.05) is 6.08 Å². The molecule has 0 bridgehead atoms. The van der Waals surface area contributed by atoms with Gasteiger partial charge in [-0.3, -0.25) is 4.79 Å². The molecule has 1 amide bonds. The molecule has 2 aromatic heterocycles. The van der Waals surface area contributed by atoms with E-state index in [1.807, 2.05) is 6.07 Å². The Bertz CT molecular complexity index is 945. The van der Waals surface area contributed by atoms with Crippen molar-refractivity contribution in [2.75, 3.05) is 19.4 Å². The van der Waals surface area contributed by atoms with Crippen LogP contribution in [0.4, 0.5) is 10.2 Å². The zero-order valence-electron chi connectivity index (χ0n) is 14.0. The number of rotatable bonds is 5. The van der Waals surface area contributed by atoms with Gasteiger partial charge < -0.3 is 15.1 Å². The first-order valence-electron chi connectivity index (χ1n) is 7.82. The lowest BCUT2D eigenvalue weighted by Crippen LogP contribution is -2.18. The van der Waals surface area contributed by atoms with Crippen LogP contribution in [0.15, 0.2) is 47.4 Å². The van der Waals surface area contributed by atoms with Gasteiger partial charge in [-0.25, -0.2) is 4.39 Å². The number of benzene rings is 1. The number of pyridine rings is 1. The lowest BCUT2D eigenvalue weighted by molar-refractivity contribution is 0.0964. The van der Waals surface area contributed by atoms with Gasteiger partial charge in [0.2, 0.25) is 5.71 Å². The van der Waals surface area contributed by atoms with Gasteiger partial charge in [0.05, 0.1) is 10.9 Å². The number of carbonyl (C=O) groups is 1. The summed E-state index contributed by atoms with van der Waals surface area (Å²) in [5, 5.41) is 6.25. The van der Waals surface area contributed by atoms with Crippen molar-refractivity contribution in [3.8, 4) is 11.3 Å². The fourth-order valence-corrected chi connectivity index (χ4v) is 2.75. The van der Waals surface area contributed by atoms with Crippen molar-refractivity contribution in [1.82, 2.24) is 10.3 Å². The molecule has 0 radical (unpaired) electrons. The monoisotopic (exact) mass is 339 g/mol. The highest BCUT2D eigenvalue weighted by molar-refractivity contribution is 6.10. The number of allylic oxidation sites excluding steroid dienone is 1. The van der Waals surface area contributed by atoms with Crippen LogP contribution in [0.2, 0.25) is 0 Å². The highest BCUT2D eigenvalue weighted by atomic mass is 19.1. The molecule has 0 aliphatic rings. The summed E-state index contributed by atoms with van der Waals surface area (Å²) in [7, 11) is 3.32. The number of nitrogens with zero attached hydrogens (tertiary/aromatic N) is 1. The highest BCUT2D eigenvalue weighted by Crippen LogP contribution is 2.35. The number of anilines is 1. The fourth-order valence-electron chi connectivity index (χ4n) is 2.75. The molecule has 2 N–H and O–H groups in total. The molecule has 3 aromatic rings. The van der Waals surface area contributed by atoms with E-state index in [2.05, 4.69) is 22.2 Å². The van der Waals surface area contributed by atoms with E-state index in [9.17, 15) is 9.18 Å². The molecular weight excluding hydrogens is 321 g/mol. The van der Waals surface area contributed by atoms with Crippen LogP contribution in [0.1, 0.15) is 15.9 Å². The Labute approximate surface area is 144 Å². The number of fused-ring (bicyclic) bond motifs is 1. The quantitative estimate of drug-likeness (QED) is 0.695. The molecule has 3 rings (SSSR count). The molecule has 5 nitrogen and oxygen atoms in total. The summed E-state index contributed by atoms with van der Waals surface area (Å²) in [6.07, 6.45) is 2.37. The Morgan fingerprint density at radius 2 is 2.04 bits per heavy atom. The third-order valence-electron chi connectivity index (χ3n) is 3.92. The lowest BCUT2D eigenvalue weighted by atomic mass is 10.0. The van der Waals surface area contributed by atoms with Crippen molar-refractivity contribution in [2.45, 2.75) is 6.42 Å². The third-order valence-corrected chi connectivity index (χ3v) is 3.92. The number of amides is 1. The van der Waals surface area contributed by atoms with Crippen molar-refractivity contribution >= 4 is 22.8 Å². The van der Waals surface area contributed by atoms with E-state index in [1.165, 1.54) is 12.1 Å². The summed E-state index contributed by atoms with van der Waals surface area (Å²) in [4.78, 5) is 16.9. The van der Waals surface area contributed by atoms with E-state index in [-0.39, 0.29) is 11.7 Å². The predicted octanol–water partition coefficient (Wildman–Crippen LogP) is 3.76. The van der Waals surface area contributed by atoms with Crippen LogP contribution in [0, 0.1) is 5.82 Å². The van der Waals surface area contributed by atoms with Crippen molar-refractivity contribution in [3.63, 3.8) is 0 Å². The summed E-state index contributed by atoms with van der Waals surface area (Å²) < 4.78 is 19.1. The van der Waals surface area contributed by atoms with Gasteiger partial charge in [0, 0.05) is 19.7 Å². The lowest BCUT2D eigenvalue weighted by Gasteiger charge is -2.06. The topological polar surface area (TPSA) is 67.2 Å². The summed E-state index contributed by atoms with van der Waals surface area (Å²) in [5.41, 5.74) is 2.23. The minimum atomic E-state index is -0.356. The smallest absolute Gasteiger partial charge is 0.255 e. The molecule has 0 aliphatic carbocycles. The maximum absolute atomic E-state index is 13.2. The molecule has 0 aliphatic heterocycles. The Morgan fingerprint density at radius 1 is 1.32 bits per heavy atom. The Morgan fingerprint density at radius 3 is 2.64 bits per heavy atom. The molecule has 0 atom stereocenters. The summed E-state index contributed by atoms with van der Waals surface area (Å²) >= 11 is 0. The summed E-state index contributed by atoms with van der Waals surface area (Å²) in [5.74, 6) is 0.377. The van der Waals surface area contributed by atoms with Crippen LogP contribution < -0.4 is 10.6 Å². The molecule has 2 heterocycles. The molecule has 0 saturated carbocycles. The first kappa shape index (κ1) is 16.7. The van der Waals surface area contributed by atoms with Crippen molar-refractivity contribution in [1.29, 1.82) is 0 Å². The average Bonchev–Trinajstić information content (AvgIpc) is 2.99. The number of hydrogen-bond donors (Lipinski definition) is 2. The number of halogens is 1. The Kier molecular flexibility index (Phi) is 4.52. The van der Waals surface area contributed by atoms with Crippen LogP contribution in [-0.4, -0.2) is 25.0 Å². The highest BCUT2D eigenvalue weighted by Gasteiger charge is 2.23. The first-order valence-corrected chi connectivity index (χ1v) is 7.82. The molecule has 0 fully saturated rings. The molecule has 0 unspecified atom stereocenters. The normalized spacial score (nSPS) is 10.7. The van der Waals surface area contributed by atoms with E-state index in [4.69, 9.17) is 4.42 Å². The number of nitrogens with one attached hydrogen (secondary N) is 2. The van der Waals surface area contributed by atoms with Gasteiger partial charge in [0.25, 0.3) is 5.91 Å². The summed E-state index contributed by atoms with van der Waals surface area (Å²) in [6, 6.07) is 7.67. The number of furan rings is 1. The second kappa shape index (κ2) is 6.76. The minimum absolute atomic E-state index is 0.290. The summed E-state index contributed by atoms with van der Waals surface area (Å²) in [6.45, 7) is 3.75. The van der Waals surface area contributed by atoms with Crippen LogP contribution >= 0.6 is 0 Å². The zero-order valence-corrected chi connectivity index (χ0v) is 14.0. The second-order valence-electron chi connectivity index (χ2n) is 5.48. The zero-order chi connectivity index (χ0) is 18.0. The van der Waals surface area contributed by atoms with E-state index in [0.717, 1.165) is 5.56 Å². The molecule has 0 saturated heterocycles. The number of aromatic nitrogens is 1. The van der Waals surface area contributed by atoms with Crippen LogP contribution in [-0.2, 0) is 6.42 Å². The van der Waals surface area contributed by atoms with E-state index in [0.29, 0.717) is 40.2 Å². The van der Waals surface area contributed by atoms with E-state index >= 15 is 0 Å². The average molecular weight is 339 g/mol. The molecule has 1 aromatic carbocycles. The van der Waals surface area contributed by atoms with Crippen LogP contribution in [0.3, 0.4) is 0 Å². The Hall–Kier alpha value is -3.15. The van der Waals surface area contributed by atoms with Gasteiger partial charge >= 0.3 is 0 Å². The van der Waals surface area contributed by atoms with Gasteiger partial charge in [-0.15, -0.1) is 6.58 Å². The number of hydrogen-bond acceptors (Lipinski definition) is 4. The molecule has 6 heteroatoms. The van der Waals surface area contributed by atoms with Crippen molar-refractivity contribution < 1.29 is 13.6 Å². The predicted molar refractivity (Wildman–Crippen MR) is 96.2 cm³/mol. The van der Waals surface area contributed by atoms with Gasteiger partial charge in [-0.05, 0) is 42.3 Å². The minimum Gasteiger partial charge on any atom is -0.437 e. The Balaban J connectivity index is 2.31. The third kappa shape index (κ3) is 2.98. The molecule has 0 spiro atoms. The standard InChI is InChI=1S/C19H18FN3O2/c1-4-5-12-10-14-15(18(24)22-3)16(11-6-8-13(20)9-7-11)25-19(14)23-17(12)21-2/h4,6-10H,1,5H2,2-3H3,(H,21,23)(H,22,24). The van der Waals surface area contributed by atoms with Gasteiger partial charge in [-0.2, -0.15) is 4.98 Å². The second-order valence-corrected chi connectivity index (χ2v) is 5.48. The molecular formula is C19H18FN3O2. The largest absolute Gasteiger partial charge is 0.437 e. The van der Waals surface area contributed by atoms with Crippen molar-refractivity contribution in [2.24, 2.45) is 0 Å². The fraction of sp³-hybridized carbons (Fsp3) is 0.158. The maximum Gasteiger partial charge on any atom is 0.255 e. The van der Waals surface area contributed by atoms with Crippen LogP contribution in [0.5, 0.6) is 0 Å². The van der Waals surface area contributed by atoms with Crippen molar-refractivity contribution in [3.05, 3.63) is 59.9 Å². The molecule has 128 valence electrons. The van der Waals surface area contributed by atoms with Crippen LogP contribution in [0.25, 0.3) is 22.4 Å². The van der Waals surface area contributed by atoms with E-state index in [1.54, 1.807) is 32.3 Å².